The van der Waals surface area contributed by atoms with Gasteiger partial charge in [-0.25, -0.2) is 14.6 Å². The molecule has 9 nitrogen and oxygen atoms in total. The van der Waals surface area contributed by atoms with E-state index in [0.717, 1.165) is 12.8 Å². The molecule has 0 bridgehead atoms. The third-order valence-electron chi connectivity index (χ3n) is 4.59. The van der Waals surface area contributed by atoms with Gasteiger partial charge in [-0.05, 0) is 90.2 Å². The second-order valence-corrected chi connectivity index (χ2v) is 13.6. The average molecular weight is 547 g/mol. The van der Waals surface area contributed by atoms with E-state index in [4.69, 9.17) is 38.5 Å². The lowest BCUT2D eigenvalue weighted by molar-refractivity contribution is -0.427. The van der Waals surface area contributed by atoms with Crippen LogP contribution in [0.1, 0.15) is 110 Å². The predicted molar refractivity (Wildman–Crippen MR) is 147 cm³/mol. The minimum absolute atomic E-state index is 0.0360. The summed E-state index contributed by atoms with van der Waals surface area (Å²) in [6.07, 6.45) is -3.49. The molecule has 0 rings (SSSR count). The average Bonchev–Trinajstić information content (AvgIpc) is 2.63. The molecule has 0 saturated carbocycles. The van der Waals surface area contributed by atoms with Gasteiger partial charge < -0.3 is 18.9 Å². The van der Waals surface area contributed by atoms with E-state index in [0.29, 0.717) is 11.1 Å². The molecule has 0 aromatic rings. The Hall–Kier alpha value is -1.49. The quantitative estimate of drug-likeness (QED) is 0.0627. The molecular weight excluding hydrogens is 492 g/mol. The number of hydrogen-bond donors (Lipinski definition) is 0. The Balaban J connectivity index is 4.84. The van der Waals surface area contributed by atoms with Crippen LogP contribution in [0.5, 0.6) is 0 Å². The molecule has 9 heteroatoms. The van der Waals surface area contributed by atoms with Crippen molar-refractivity contribution in [1.29, 1.82) is 0 Å². The Morgan fingerprint density at radius 2 is 0.921 bits per heavy atom. The first-order valence-electron chi connectivity index (χ1n) is 13.1. The van der Waals surface area contributed by atoms with Crippen molar-refractivity contribution in [3.63, 3.8) is 0 Å². The van der Waals surface area contributed by atoms with Crippen molar-refractivity contribution in [3.8, 4) is 0 Å². The zero-order valence-corrected chi connectivity index (χ0v) is 26.3. The SMILES string of the molecule is C=C(C)C(OOC(C)(C)CC(C)(C)C)OC(C)OC(=O)OC(C)OC(OOC(C)(C)CC(C)(C)C)C(=C)C. The topological polar surface area (TPSA) is 90.9 Å². The molecule has 0 fully saturated rings. The van der Waals surface area contributed by atoms with E-state index in [-0.39, 0.29) is 10.8 Å². The van der Waals surface area contributed by atoms with Gasteiger partial charge >= 0.3 is 6.16 Å². The zero-order valence-electron chi connectivity index (χ0n) is 26.3. The molecule has 0 N–H and O–H groups in total. The molecule has 0 saturated heterocycles. The van der Waals surface area contributed by atoms with E-state index < -0.39 is 42.5 Å². The van der Waals surface area contributed by atoms with E-state index in [1.165, 1.54) is 13.8 Å². The molecule has 0 spiro atoms. The Morgan fingerprint density at radius 1 is 0.632 bits per heavy atom. The second-order valence-electron chi connectivity index (χ2n) is 13.6. The van der Waals surface area contributed by atoms with Crippen LogP contribution in [0.4, 0.5) is 4.79 Å². The highest BCUT2D eigenvalue weighted by Crippen LogP contribution is 2.31. The summed E-state index contributed by atoms with van der Waals surface area (Å²) in [5.74, 6) is 0. The van der Waals surface area contributed by atoms with Crippen molar-refractivity contribution in [2.75, 3.05) is 0 Å². The van der Waals surface area contributed by atoms with Gasteiger partial charge in [0.25, 0.3) is 0 Å². The van der Waals surface area contributed by atoms with Crippen LogP contribution in [0.25, 0.3) is 0 Å². The number of rotatable bonds is 16. The summed E-state index contributed by atoms with van der Waals surface area (Å²) < 4.78 is 21.7. The summed E-state index contributed by atoms with van der Waals surface area (Å²) >= 11 is 0. The van der Waals surface area contributed by atoms with Gasteiger partial charge in [0.15, 0.2) is 0 Å². The number of carbonyl (C=O) groups excluding carboxylic acids is 1. The molecule has 38 heavy (non-hydrogen) atoms. The maximum absolute atomic E-state index is 12.3. The maximum atomic E-state index is 12.3. The first-order chi connectivity index (χ1) is 16.9. The van der Waals surface area contributed by atoms with E-state index in [9.17, 15) is 4.79 Å². The van der Waals surface area contributed by atoms with Gasteiger partial charge in [0, 0.05) is 0 Å². The summed E-state index contributed by atoms with van der Waals surface area (Å²) in [5.41, 5.74) is 0.000719. The Bertz CT molecular complexity index is 697. The third kappa shape index (κ3) is 17.9. The number of ether oxygens (including phenoxy) is 4. The van der Waals surface area contributed by atoms with Crippen molar-refractivity contribution >= 4 is 6.16 Å². The van der Waals surface area contributed by atoms with E-state index in [2.05, 4.69) is 54.7 Å². The Kier molecular flexibility index (Phi) is 14.2. The molecule has 0 heterocycles. The van der Waals surface area contributed by atoms with Gasteiger partial charge in [-0.3, -0.25) is 0 Å². The molecule has 224 valence electrons. The molecule has 4 unspecified atom stereocenters. The summed E-state index contributed by atoms with van der Waals surface area (Å²) in [4.78, 5) is 34.6. The standard InChI is InChI=1S/C29H54O9/c1-19(2)23(35-37-28(13,14)17-26(7,8)9)31-21(5)33-25(30)34-22(6)32-24(20(3)4)36-38-29(15,16)18-27(10,11)12/h21-24H,1,3,17-18H2,2,4-16H3. The van der Waals surface area contributed by atoms with Gasteiger partial charge in [-0.2, -0.15) is 9.78 Å². The highest BCUT2D eigenvalue weighted by molar-refractivity contribution is 5.60. The van der Waals surface area contributed by atoms with Crippen LogP contribution in [0.3, 0.4) is 0 Å². The van der Waals surface area contributed by atoms with Crippen LogP contribution < -0.4 is 0 Å². The fourth-order valence-corrected chi connectivity index (χ4v) is 4.11. The van der Waals surface area contributed by atoms with Crippen LogP contribution in [0.2, 0.25) is 0 Å². The predicted octanol–water partition coefficient (Wildman–Crippen LogP) is 8.00. The van der Waals surface area contributed by atoms with Crippen LogP contribution in [0, 0.1) is 10.8 Å². The number of hydrogen-bond acceptors (Lipinski definition) is 9. The van der Waals surface area contributed by atoms with Gasteiger partial charge in [0.1, 0.15) is 0 Å². The van der Waals surface area contributed by atoms with Crippen LogP contribution >= 0.6 is 0 Å². The smallest absolute Gasteiger partial charge is 0.404 e. The van der Waals surface area contributed by atoms with Gasteiger partial charge in [0.2, 0.25) is 25.2 Å². The second kappa shape index (κ2) is 14.8. The molecule has 0 radical (unpaired) electrons. The molecule has 0 aromatic carbocycles. The maximum Gasteiger partial charge on any atom is 0.512 e. The van der Waals surface area contributed by atoms with Crippen LogP contribution in [-0.2, 0) is 38.5 Å². The van der Waals surface area contributed by atoms with Crippen molar-refractivity contribution < 1.29 is 43.3 Å². The molecule has 0 aliphatic rings. The Morgan fingerprint density at radius 3 is 1.16 bits per heavy atom. The van der Waals surface area contributed by atoms with Crippen molar-refractivity contribution in [2.45, 2.75) is 146 Å². The minimum atomic E-state index is -1.03. The van der Waals surface area contributed by atoms with Gasteiger partial charge in [0.05, 0.1) is 11.2 Å². The fraction of sp³-hybridized carbons (Fsp3) is 0.828. The minimum Gasteiger partial charge on any atom is -0.404 e. The summed E-state index contributed by atoms with van der Waals surface area (Å²) in [7, 11) is 0. The normalized spacial score (nSPS) is 16.4. The zero-order chi connectivity index (χ0) is 30.1. The van der Waals surface area contributed by atoms with Crippen molar-refractivity contribution in [2.24, 2.45) is 10.8 Å². The lowest BCUT2D eigenvalue weighted by Crippen LogP contribution is -2.36. The largest absolute Gasteiger partial charge is 0.512 e. The summed E-state index contributed by atoms with van der Waals surface area (Å²) in [6, 6.07) is 0. The van der Waals surface area contributed by atoms with Gasteiger partial charge in [-0.1, -0.05) is 54.7 Å². The molecule has 4 atom stereocenters. The highest BCUT2D eigenvalue weighted by atomic mass is 17.2. The third-order valence-corrected chi connectivity index (χ3v) is 4.59. The fourth-order valence-electron chi connectivity index (χ4n) is 4.11. The monoisotopic (exact) mass is 546 g/mol. The van der Waals surface area contributed by atoms with Crippen molar-refractivity contribution in [3.05, 3.63) is 24.3 Å². The first kappa shape index (κ1) is 36.5. The van der Waals surface area contributed by atoms with E-state index in [1.54, 1.807) is 13.8 Å². The Labute approximate surface area is 231 Å². The van der Waals surface area contributed by atoms with Gasteiger partial charge in [-0.15, -0.1) is 0 Å². The van der Waals surface area contributed by atoms with E-state index >= 15 is 0 Å². The lowest BCUT2D eigenvalue weighted by Gasteiger charge is -2.33. The van der Waals surface area contributed by atoms with E-state index in [1.807, 2.05) is 27.7 Å². The number of carbonyl (C=O) groups is 1. The summed E-state index contributed by atoms with van der Waals surface area (Å²) in [6.45, 7) is 34.6. The van der Waals surface area contributed by atoms with Crippen LogP contribution in [-0.4, -0.2) is 42.5 Å². The lowest BCUT2D eigenvalue weighted by atomic mass is 9.84. The van der Waals surface area contributed by atoms with Crippen LogP contribution in [0.15, 0.2) is 24.3 Å². The molecule has 0 amide bonds. The summed E-state index contributed by atoms with van der Waals surface area (Å²) in [5, 5.41) is 0. The highest BCUT2D eigenvalue weighted by Gasteiger charge is 2.31. The molecule has 0 aliphatic heterocycles. The molecule has 0 aliphatic carbocycles. The molecule has 0 aromatic heterocycles. The van der Waals surface area contributed by atoms with Crippen molar-refractivity contribution in [1.82, 2.24) is 0 Å². The molecular formula is C29H54O9. The first-order valence-corrected chi connectivity index (χ1v) is 13.1.